The van der Waals surface area contributed by atoms with Gasteiger partial charge in [-0.1, -0.05) is 0 Å². The second-order valence-corrected chi connectivity index (χ2v) is 6.48. The molecule has 1 aromatic carbocycles. The van der Waals surface area contributed by atoms with Crippen molar-refractivity contribution < 1.29 is 4.42 Å². The maximum atomic E-state index is 5.80. The van der Waals surface area contributed by atoms with Crippen LogP contribution >= 0.6 is 0 Å². The topological polar surface area (TPSA) is 58.5 Å². The van der Waals surface area contributed by atoms with Crippen LogP contribution in [-0.2, 0) is 6.54 Å². The molecule has 5 heteroatoms. The van der Waals surface area contributed by atoms with Crippen LogP contribution in [0.25, 0.3) is 11.1 Å². The number of rotatable bonds is 5. The van der Waals surface area contributed by atoms with E-state index in [-0.39, 0.29) is 0 Å². The minimum absolute atomic E-state index is 0.325. The third-order valence-electron chi connectivity index (χ3n) is 4.66. The Bertz CT molecular complexity index is 630. The van der Waals surface area contributed by atoms with E-state index in [1.54, 1.807) is 0 Å². The van der Waals surface area contributed by atoms with E-state index in [9.17, 15) is 0 Å². The molecule has 5 nitrogen and oxygen atoms in total. The molecule has 2 aromatic rings. The summed E-state index contributed by atoms with van der Waals surface area (Å²) in [5.41, 5.74) is 8.45. The summed E-state index contributed by atoms with van der Waals surface area (Å²) < 4.78 is 5.80. The smallest absolute Gasteiger partial charge is 0.209 e. The third kappa shape index (κ3) is 2.76. The second kappa shape index (κ2) is 5.31. The van der Waals surface area contributed by atoms with Gasteiger partial charge in [0.15, 0.2) is 5.58 Å². The predicted octanol–water partition coefficient (Wildman–Crippen LogP) is 2.33. The van der Waals surface area contributed by atoms with Crippen LogP contribution < -0.4 is 5.73 Å². The molecule has 0 unspecified atom stereocenters. The number of hydrogen-bond acceptors (Lipinski definition) is 5. The molecule has 1 saturated carbocycles. The number of oxazole rings is 1. The van der Waals surface area contributed by atoms with Crippen LogP contribution in [0.1, 0.15) is 25.2 Å². The average molecular weight is 288 g/mol. The van der Waals surface area contributed by atoms with Gasteiger partial charge in [0.2, 0.25) is 5.89 Å². The number of fused-ring (bicyclic) bond motifs is 1. The minimum atomic E-state index is 0.325. The number of likely N-dealkylation sites (N-methyl/N-ethyl adjacent to an activating group) is 2. The first-order valence-corrected chi connectivity index (χ1v) is 7.49. The van der Waals surface area contributed by atoms with Crippen LogP contribution in [0.2, 0.25) is 0 Å². The maximum Gasteiger partial charge on any atom is 0.209 e. The third-order valence-corrected chi connectivity index (χ3v) is 4.66. The Morgan fingerprint density at radius 2 is 2.05 bits per heavy atom. The maximum absolute atomic E-state index is 5.80. The van der Waals surface area contributed by atoms with Crippen molar-refractivity contribution in [2.24, 2.45) is 0 Å². The number of hydrogen-bond donors (Lipinski definition) is 1. The molecule has 1 fully saturated rings. The van der Waals surface area contributed by atoms with Crippen LogP contribution in [-0.4, -0.2) is 48.0 Å². The van der Waals surface area contributed by atoms with E-state index in [4.69, 9.17) is 10.2 Å². The standard InChI is InChI=1S/C16H24N4O/c1-19(2)16(7-4-8-16)11-20(3)10-15-18-13-6-5-12(17)9-14(13)21-15/h5-6,9H,4,7-8,10-11,17H2,1-3H3. The van der Waals surface area contributed by atoms with Crippen molar-refractivity contribution in [3.63, 3.8) is 0 Å². The number of nitrogen functional groups attached to an aromatic ring is 1. The van der Waals surface area contributed by atoms with Crippen molar-refractivity contribution in [3.05, 3.63) is 24.1 Å². The van der Waals surface area contributed by atoms with Gasteiger partial charge in [0.05, 0.1) is 6.54 Å². The second-order valence-electron chi connectivity index (χ2n) is 6.48. The number of nitrogens with two attached hydrogens (primary N) is 1. The van der Waals surface area contributed by atoms with Crippen molar-refractivity contribution in [3.8, 4) is 0 Å². The lowest BCUT2D eigenvalue weighted by Gasteiger charge is -2.49. The number of benzene rings is 1. The first-order valence-electron chi connectivity index (χ1n) is 7.49. The molecule has 1 aromatic heterocycles. The lowest BCUT2D eigenvalue weighted by molar-refractivity contribution is 0.0241. The van der Waals surface area contributed by atoms with Crippen molar-refractivity contribution >= 4 is 16.8 Å². The highest BCUT2D eigenvalue weighted by Crippen LogP contribution is 2.36. The number of anilines is 1. The normalized spacial score (nSPS) is 17.6. The molecule has 2 N–H and O–H groups in total. The van der Waals surface area contributed by atoms with Gasteiger partial charge in [-0.15, -0.1) is 0 Å². The van der Waals surface area contributed by atoms with Gasteiger partial charge in [0.25, 0.3) is 0 Å². The van der Waals surface area contributed by atoms with Gasteiger partial charge < -0.3 is 15.1 Å². The fourth-order valence-electron chi connectivity index (χ4n) is 3.18. The first kappa shape index (κ1) is 14.4. The summed E-state index contributed by atoms with van der Waals surface area (Å²) in [5, 5.41) is 0. The molecule has 1 aliphatic rings. The highest BCUT2D eigenvalue weighted by Gasteiger charge is 2.39. The summed E-state index contributed by atoms with van der Waals surface area (Å²) in [7, 11) is 6.48. The summed E-state index contributed by atoms with van der Waals surface area (Å²) in [5.74, 6) is 0.756. The minimum Gasteiger partial charge on any atom is -0.439 e. The van der Waals surface area contributed by atoms with Crippen molar-refractivity contribution in [2.75, 3.05) is 33.4 Å². The van der Waals surface area contributed by atoms with Gasteiger partial charge in [0, 0.05) is 23.8 Å². The van der Waals surface area contributed by atoms with E-state index in [0.29, 0.717) is 11.2 Å². The molecular weight excluding hydrogens is 264 g/mol. The van der Waals surface area contributed by atoms with Crippen LogP contribution in [0.3, 0.4) is 0 Å². The average Bonchev–Trinajstić information content (AvgIpc) is 2.74. The lowest BCUT2D eigenvalue weighted by atomic mass is 9.75. The van der Waals surface area contributed by atoms with Crippen LogP contribution in [0, 0.1) is 0 Å². The van der Waals surface area contributed by atoms with Crippen molar-refractivity contribution in [1.82, 2.24) is 14.8 Å². The van der Waals surface area contributed by atoms with E-state index in [1.165, 1.54) is 19.3 Å². The van der Waals surface area contributed by atoms with Crippen LogP contribution in [0.5, 0.6) is 0 Å². The van der Waals surface area contributed by atoms with Gasteiger partial charge in [-0.3, -0.25) is 4.90 Å². The van der Waals surface area contributed by atoms with Crippen molar-refractivity contribution in [2.45, 2.75) is 31.3 Å². The molecule has 1 aliphatic carbocycles. The Kier molecular flexibility index (Phi) is 3.63. The lowest BCUT2D eigenvalue weighted by Crippen LogP contribution is -2.56. The van der Waals surface area contributed by atoms with E-state index in [2.05, 4.69) is 35.9 Å². The van der Waals surface area contributed by atoms with E-state index >= 15 is 0 Å². The quantitative estimate of drug-likeness (QED) is 0.856. The summed E-state index contributed by atoms with van der Waals surface area (Å²) >= 11 is 0. The summed E-state index contributed by atoms with van der Waals surface area (Å²) in [6.07, 6.45) is 3.87. The van der Waals surface area contributed by atoms with E-state index in [0.717, 1.165) is 30.1 Å². The number of aromatic nitrogens is 1. The molecule has 0 amide bonds. The zero-order valence-electron chi connectivity index (χ0n) is 13.1. The fraction of sp³-hybridized carbons (Fsp3) is 0.562. The van der Waals surface area contributed by atoms with E-state index in [1.807, 2.05) is 18.2 Å². The van der Waals surface area contributed by atoms with Gasteiger partial charge in [0.1, 0.15) is 5.52 Å². The molecule has 0 aliphatic heterocycles. The fourth-order valence-corrected chi connectivity index (χ4v) is 3.18. The summed E-state index contributed by atoms with van der Waals surface area (Å²) in [4.78, 5) is 9.19. The molecule has 0 radical (unpaired) electrons. The van der Waals surface area contributed by atoms with Crippen LogP contribution in [0.4, 0.5) is 5.69 Å². The first-order chi connectivity index (χ1) is 9.98. The molecule has 0 spiro atoms. The highest BCUT2D eigenvalue weighted by atomic mass is 16.3. The molecule has 0 bridgehead atoms. The Labute approximate surface area is 125 Å². The van der Waals surface area contributed by atoms with Crippen LogP contribution in [0.15, 0.2) is 22.6 Å². The molecule has 114 valence electrons. The molecule has 1 heterocycles. The zero-order valence-corrected chi connectivity index (χ0v) is 13.1. The zero-order chi connectivity index (χ0) is 15.0. The summed E-state index contributed by atoms with van der Waals surface area (Å²) in [6, 6.07) is 5.59. The Morgan fingerprint density at radius 1 is 1.29 bits per heavy atom. The number of nitrogens with zero attached hydrogens (tertiary/aromatic N) is 3. The van der Waals surface area contributed by atoms with Gasteiger partial charge in [-0.2, -0.15) is 0 Å². The van der Waals surface area contributed by atoms with E-state index < -0.39 is 0 Å². The highest BCUT2D eigenvalue weighted by molar-refractivity contribution is 5.76. The Hall–Kier alpha value is -1.59. The molecule has 21 heavy (non-hydrogen) atoms. The predicted molar refractivity (Wildman–Crippen MR) is 85.0 cm³/mol. The van der Waals surface area contributed by atoms with Gasteiger partial charge in [-0.25, -0.2) is 4.98 Å². The van der Waals surface area contributed by atoms with Gasteiger partial charge in [-0.05, 0) is 52.5 Å². The molecule has 0 atom stereocenters. The SMILES string of the molecule is CN(Cc1nc2ccc(N)cc2o1)CC1(N(C)C)CCC1. The molecule has 3 rings (SSSR count). The summed E-state index contributed by atoms with van der Waals surface area (Å²) in [6.45, 7) is 1.77. The monoisotopic (exact) mass is 288 g/mol. The Balaban J connectivity index is 1.69. The molecular formula is C16H24N4O. The van der Waals surface area contributed by atoms with Crippen molar-refractivity contribution in [1.29, 1.82) is 0 Å². The van der Waals surface area contributed by atoms with Gasteiger partial charge >= 0.3 is 0 Å². The largest absolute Gasteiger partial charge is 0.439 e. The Morgan fingerprint density at radius 3 is 2.67 bits per heavy atom. The molecule has 0 saturated heterocycles.